The van der Waals surface area contributed by atoms with Gasteiger partial charge < -0.3 is 5.11 Å². The number of aromatic nitrogens is 3. The third-order valence-corrected chi connectivity index (χ3v) is 3.50. The summed E-state index contributed by atoms with van der Waals surface area (Å²) in [4.78, 5) is 4.06. The molecule has 0 saturated heterocycles. The van der Waals surface area contributed by atoms with E-state index >= 15 is 0 Å². The van der Waals surface area contributed by atoms with E-state index < -0.39 is 6.10 Å². The van der Waals surface area contributed by atoms with Gasteiger partial charge in [-0.3, -0.25) is 9.67 Å². The molecule has 0 amide bonds. The second kappa shape index (κ2) is 10.4. The normalized spacial score (nSPS) is 10.8. The van der Waals surface area contributed by atoms with E-state index in [0.29, 0.717) is 0 Å². The lowest BCUT2D eigenvalue weighted by atomic mass is 9.98. The van der Waals surface area contributed by atoms with Crippen molar-refractivity contribution in [1.82, 2.24) is 14.8 Å². The molecule has 0 radical (unpaired) electrons. The van der Waals surface area contributed by atoms with Gasteiger partial charge in [-0.15, -0.1) is 0 Å². The molecule has 0 bridgehead atoms. The Balaban J connectivity index is 0.000000730. The Bertz CT molecular complexity index is 735. The molecule has 1 unspecified atom stereocenters. The minimum atomic E-state index is -0.594. The largest absolute Gasteiger partial charge is 0.387 e. The summed E-state index contributed by atoms with van der Waals surface area (Å²) in [6.45, 7) is 9.76. The molecule has 3 aromatic rings. The van der Waals surface area contributed by atoms with E-state index in [1.165, 1.54) is 0 Å². The predicted molar refractivity (Wildman–Crippen MR) is 105 cm³/mol. The minimum absolute atomic E-state index is 0.594. The van der Waals surface area contributed by atoms with Gasteiger partial charge in [-0.25, -0.2) is 0 Å². The topological polar surface area (TPSA) is 50.9 Å². The van der Waals surface area contributed by atoms with E-state index in [2.05, 4.69) is 10.1 Å². The number of aryl methyl sites for hydroxylation is 1. The molecule has 0 spiro atoms. The summed E-state index contributed by atoms with van der Waals surface area (Å²) in [6, 6.07) is 13.9. The van der Waals surface area contributed by atoms with Crippen molar-refractivity contribution in [2.24, 2.45) is 7.05 Å². The number of hydrogen-bond donors (Lipinski definition) is 1. The van der Waals surface area contributed by atoms with Gasteiger partial charge in [0, 0.05) is 30.6 Å². The van der Waals surface area contributed by atoms with Gasteiger partial charge in [0.2, 0.25) is 0 Å². The summed E-state index contributed by atoms with van der Waals surface area (Å²) in [7, 11) is 1.86. The molecule has 1 atom stereocenters. The van der Waals surface area contributed by atoms with Gasteiger partial charge in [-0.05, 0) is 24.6 Å². The smallest absolute Gasteiger partial charge is 0.100 e. The molecule has 4 heteroatoms. The molecule has 0 aliphatic carbocycles. The van der Waals surface area contributed by atoms with Gasteiger partial charge >= 0.3 is 0 Å². The first kappa shape index (κ1) is 20.6. The van der Waals surface area contributed by atoms with Crippen molar-refractivity contribution >= 4 is 0 Å². The van der Waals surface area contributed by atoms with Crippen LogP contribution in [0.4, 0.5) is 0 Å². The highest BCUT2D eigenvalue weighted by Crippen LogP contribution is 2.36. The summed E-state index contributed by atoms with van der Waals surface area (Å²) in [5.74, 6) is 0. The monoisotopic (exact) mass is 339 g/mol. The van der Waals surface area contributed by atoms with E-state index in [1.54, 1.807) is 24.0 Å². The first-order chi connectivity index (χ1) is 12.2. The molecule has 2 heterocycles. The molecule has 1 N–H and O–H groups in total. The Morgan fingerprint density at radius 3 is 1.96 bits per heavy atom. The van der Waals surface area contributed by atoms with Crippen LogP contribution in [0.5, 0.6) is 0 Å². The highest BCUT2D eigenvalue weighted by molar-refractivity contribution is 5.82. The van der Waals surface area contributed by atoms with Gasteiger partial charge in [0.15, 0.2) is 0 Å². The molecule has 0 fully saturated rings. The number of nitrogens with zero attached hydrogens (tertiary/aromatic N) is 3. The third kappa shape index (κ3) is 4.77. The molecule has 3 rings (SSSR count). The minimum Gasteiger partial charge on any atom is -0.387 e. The lowest BCUT2D eigenvalue weighted by Gasteiger charge is -2.10. The first-order valence-electron chi connectivity index (χ1n) is 8.89. The summed E-state index contributed by atoms with van der Waals surface area (Å²) >= 11 is 0. The average molecular weight is 339 g/mol. The molecule has 134 valence electrons. The summed E-state index contributed by atoms with van der Waals surface area (Å²) in [6.07, 6.45) is 2.91. The van der Waals surface area contributed by atoms with Crippen LogP contribution < -0.4 is 0 Å². The lowest BCUT2D eigenvalue weighted by Crippen LogP contribution is -2.03. The number of rotatable bonds is 3. The van der Waals surface area contributed by atoms with Gasteiger partial charge in [0.25, 0.3) is 0 Å². The van der Waals surface area contributed by atoms with Gasteiger partial charge in [-0.1, -0.05) is 58.0 Å². The van der Waals surface area contributed by atoms with Gasteiger partial charge in [-0.2, -0.15) is 5.10 Å². The number of aliphatic hydroxyl groups is 1. The average Bonchev–Trinajstić information content (AvgIpc) is 3.04. The van der Waals surface area contributed by atoms with Crippen LogP contribution in [0.2, 0.25) is 0 Å². The second-order valence-electron chi connectivity index (χ2n) is 5.01. The molecule has 0 saturated carbocycles. The van der Waals surface area contributed by atoms with Crippen LogP contribution >= 0.6 is 0 Å². The molecule has 4 nitrogen and oxygen atoms in total. The molecule has 25 heavy (non-hydrogen) atoms. The van der Waals surface area contributed by atoms with Crippen molar-refractivity contribution in [2.45, 2.75) is 40.7 Å². The molecule has 0 aliphatic heterocycles. The van der Waals surface area contributed by atoms with Crippen molar-refractivity contribution in [3.05, 3.63) is 60.6 Å². The Kier molecular flexibility index (Phi) is 8.57. The van der Waals surface area contributed by atoms with Crippen LogP contribution in [0, 0.1) is 0 Å². The Morgan fingerprint density at radius 1 is 0.880 bits per heavy atom. The number of benzene rings is 1. The van der Waals surface area contributed by atoms with Crippen LogP contribution in [0.3, 0.4) is 0 Å². The van der Waals surface area contributed by atoms with E-state index in [0.717, 1.165) is 28.1 Å². The lowest BCUT2D eigenvalue weighted by molar-refractivity contribution is 0.189. The zero-order valence-electron chi connectivity index (χ0n) is 16.1. The fourth-order valence-electron chi connectivity index (χ4n) is 2.62. The quantitative estimate of drug-likeness (QED) is 0.708. The number of pyridine rings is 1. The van der Waals surface area contributed by atoms with Crippen LogP contribution in [0.25, 0.3) is 22.4 Å². The van der Waals surface area contributed by atoms with Crippen LogP contribution in [0.15, 0.2) is 54.9 Å². The van der Waals surface area contributed by atoms with Gasteiger partial charge in [0.1, 0.15) is 5.69 Å². The van der Waals surface area contributed by atoms with Crippen molar-refractivity contribution < 1.29 is 5.11 Å². The Hall–Kier alpha value is -2.46. The SMILES string of the molecule is CC.CC.CC(O)c1c(-c2ccncc2)c(-c2ccccc2)nn1C. The highest BCUT2D eigenvalue weighted by Gasteiger charge is 2.21. The number of hydrogen-bond acceptors (Lipinski definition) is 3. The van der Waals surface area contributed by atoms with Crippen LogP contribution in [0.1, 0.15) is 46.4 Å². The van der Waals surface area contributed by atoms with Crippen LogP contribution in [-0.2, 0) is 7.05 Å². The Labute approximate surface area is 151 Å². The van der Waals surface area contributed by atoms with Gasteiger partial charge in [0.05, 0.1) is 11.8 Å². The summed E-state index contributed by atoms with van der Waals surface area (Å²) < 4.78 is 1.75. The standard InChI is InChI=1S/C17H17N3O.2C2H6/c1-12(21)17-15(13-8-10-18-11-9-13)16(19-20(17)2)14-6-4-3-5-7-14;2*1-2/h3-12,21H,1-2H3;2*1-2H3. The maximum absolute atomic E-state index is 10.1. The predicted octanol–water partition coefficient (Wildman–Crippen LogP) is 5.25. The maximum atomic E-state index is 10.1. The van der Waals surface area contributed by atoms with E-state index in [9.17, 15) is 5.11 Å². The van der Waals surface area contributed by atoms with Crippen molar-refractivity contribution in [3.8, 4) is 22.4 Å². The zero-order chi connectivity index (χ0) is 18.8. The Morgan fingerprint density at radius 2 is 1.44 bits per heavy atom. The second-order valence-corrected chi connectivity index (χ2v) is 5.01. The summed E-state index contributed by atoms with van der Waals surface area (Å²) in [5.41, 5.74) is 4.68. The highest BCUT2D eigenvalue weighted by atomic mass is 16.3. The van der Waals surface area contributed by atoms with Crippen LogP contribution in [-0.4, -0.2) is 19.9 Å². The maximum Gasteiger partial charge on any atom is 0.100 e. The molecule has 2 aromatic heterocycles. The molecular formula is C21H29N3O. The molecular weight excluding hydrogens is 310 g/mol. The summed E-state index contributed by atoms with van der Waals surface area (Å²) in [5, 5.41) is 14.7. The van der Waals surface area contributed by atoms with E-state index in [-0.39, 0.29) is 0 Å². The fourth-order valence-corrected chi connectivity index (χ4v) is 2.62. The van der Waals surface area contributed by atoms with Crippen molar-refractivity contribution in [3.63, 3.8) is 0 Å². The third-order valence-electron chi connectivity index (χ3n) is 3.50. The zero-order valence-corrected chi connectivity index (χ0v) is 16.1. The van der Waals surface area contributed by atoms with E-state index in [4.69, 9.17) is 0 Å². The first-order valence-corrected chi connectivity index (χ1v) is 8.89. The van der Waals surface area contributed by atoms with Crippen molar-refractivity contribution in [1.29, 1.82) is 0 Å². The fraction of sp³-hybridized carbons (Fsp3) is 0.333. The molecule has 0 aliphatic rings. The molecule has 1 aromatic carbocycles. The van der Waals surface area contributed by atoms with Crippen molar-refractivity contribution in [2.75, 3.05) is 0 Å². The number of aliphatic hydroxyl groups excluding tert-OH is 1. The van der Waals surface area contributed by atoms with E-state index in [1.807, 2.05) is 77.2 Å².